The molecule has 0 bridgehead atoms. The minimum atomic E-state index is 0.637. The van der Waals surface area contributed by atoms with Crippen molar-refractivity contribution in [2.75, 3.05) is 24.3 Å². The zero-order chi connectivity index (χ0) is 14.5. The van der Waals surface area contributed by atoms with Gasteiger partial charge in [0, 0.05) is 41.6 Å². The maximum Gasteiger partial charge on any atom is 0.123 e. The Kier molecular flexibility index (Phi) is 4.90. The molecule has 2 rings (SSSR count). The number of benzene rings is 2. The minimum absolute atomic E-state index is 0.637. The van der Waals surface area contributed by atoms with Crippen LogP contribution in [0.3, 0.4) is 0 Å². The summed E-state index contributed by atoms with van der Waals surface area (Å²) in [5, 5.41) is 0. The first-order valence-electron chi connectivity index (χ1n) is 6.57. The number of rotatable bonds is 5. The molecule has 2 N–H and O–H groups in total. The van der Waals surface area contributed by atoms with Crippen LogP contribution in [0, 0.1) is 0 Å². The Bertz CT molecular complexity index is 586. The number of hydrogen-bond donors (Lipinski definition) is 1. The van der Waals surface area contributed by atoms with Crippen LogP contribution >= 0.6 is 15.9 Å². The van der Waals surface area contributed by atoms with Gasteiger partial charge in [0.2, 0.25) is 0 Å². The predicted octanol–water partition coefficient (Wildman–Crippen LogP) is 4.07. The first kappa shape index (κ1) is 14.7. The van der Waals surface area contributed by atoms with Crippen molar-refractivity contribution in [2.24, 2.45) is 0 Å². The fourth-order valence-corrected chi connectivity index (χ4v) is 2.52. The molecule has 0 aliphatic heterocycles. The number of nitrogens with zero attached hydrogens (tertiary/aromatic N) is 1. The lowest BCUT2D eigenvalue weighted by atomic mass is 10.2. The maximum atomic E-state index is 5.93. The molecule has 0 atom stereocenters. The van der Waals surface area contributed by atoms with Gasteiger partial charge in [-0.25, -0.2) is 0 Å². The zero-order valence-corrected chi connectivity index (χ0v) is 13.4. The lowest BCUT2D eigenvalue weighted by Crippen LogP contribution is -2.16. The van der Waals surface area contributed by atoms with E-state index in [1.807, 2.05) is 44.3 Å². The van der Waals surface area contributed by atoms with Gasteiger partial charge in [-0.15, -0.1) is 0 Å². The highest BCUT2D eigenvalue weighted by atomic mass is 79.9. The summed E-state index contributed by atoms with van der Waals surface area (Å²) in [4.78, 5) is 2.15. The summed E-state index contributed by atoms with van der Waals surface area (Å²) in [6.45, 7) is 3.42. The van der Waals surface area contributed by atoms with Gasteiger partial charge in [-0.05, 0) is 30.7 Å². The van der Waals surface area contributed by atoms with E-state index < -0.39 is 0 Å². The average molecular weight is 335 g/mol. The molecule has 0 spiro atoms. The molecule has 0 amide bonds. The monoisotopic (exact) mass is 334 g/mol. The van der Waals surface area contributed by atoms with Crippen molar-refractivity contribution in [1.29, 1.82) is 0 Å². The Morgan fingerprint density at radius 1 is 1.20 bits per heavy atom. The summed E-state index contributed by atoms with van der Waals surface area (Å²) < 4.78 is 6.62. The van der Waals surface area contributed by atoms with Gasteiger partial charge < -0.3 is 15.4 Å². The van der Waals surface area contributed by atoms with Crippen LogP contribution in [-0.4, -0.2) is 13.7 Å². The third kappa shape index (κ3) is 3.90. The smallest absolute Gasteiger partial charge is 0.123 e. The highest BCUT2D eigenvalue weighted by molar-refractivity contribution is 9.10. The molecule has 3 nitrogen and oxygen atoms in total. The van der Waals surface area contributed by atoms with E-state index in [2.05, 4.69) is 33.0 Å². The molecular formula is C16H19BrN2O. The van der Waals surface area contributed by atoms with Gasteiger partial charge in [0.1, 0.15) is 5.75 Å². The van der Waals surface area contributed by atoms with Crippen molar-refractivity contribution in [3.8, 4) is 5.75 Å². The van der Waals surface area contributed by atoms with Crippen LogP contribution in [0.1, 0.15) is 12.5 Å². The molecule has 0 radical (unpaired) electrons. The molecule has 0 fully saturated rings. The van der Waals surface area contributed by atoms with E-state index in [0.29, 0.717) is 12.3 Å². The molecule has 20 heavy (non-hydrogen) atoms. The molecule has 0 unspecified atom stereocenters. The quantitative estimate of drug-likeness (QED) is 0.837. The van der Waals surface area contributed by atoms with Crippen molar-refractivity contribution in [2.45, 2.75) is 13.5 Å². The molecule has 2 aromatic carbocycles. The first-order valence-corrected chi connectivity index (χ1v) is 7.36. The topological polar surface area (TPSA) is 38.5 Å². The van der Waals surface area contributed by atoms with E-state index in [9.17, 15) is 0 Å². The summed E-state index contributed by atoms with van der Waals surface area (Å²) in [6, 6.07) is 14.1. The van der Waals surface area contributed by atoms with E-state index in [1.54, 1.807) is 0 Å². The Balaban J connectivity index is 2.18. The van der Waals surface area contributed by atoms with Gasteiger partial charge in [0.15, 0.2) is 0 Å². The summed E-state index contributed by atoms with van der Waals surface area (Å²) in [5.74, 6) is 0.809. The van der Waals surface area contributed by atoms with Crippen molar-refractivity contribution in [1.82, 2.24) is 0 Å². The first-order chi connectivity index (χ1) is 9.58. The number of nitrogens with two attached hydrogens (primary N) is 1. The third-order valence-electron chi connectivity index (χ3n) is 2.97. The molecule has 0 aliphatic carbocycles. The third-order valence-corrected chi connectivity index (χ3v) is 3.47. The Morgan fingerprint density at radius 3 is 2.70 bits per heavy atom. The lowest BCUT2D eigenvalue weighted by Gasteiger charge is -2.21. The normalized spacial score (nSPS) is 10.3. The fourth-order valence-electron chi connectivity index (χ4n) is 2.08. The minimum Gasteiger partial charge on any atom is -0.494 e. The Morgan fingerprint density at radius 2 is 2.00 bits per heavy atom. The van der Waals surface area contributed by atoms with Crippen LogP contribution in [0.5, 0.6) is 5.75 Å². The molecule has 0 aromatic heterocycles. The van der Waals surface area contributed by atoms with Gasteiger partial charge in [-0.2, -0.15) is 0 Å². The molecular weight excluding hydrogens is 316 g/mol. The van der Waals surface area contributed by atoms with E-state index in [0.717, 1.165) is 22.5 Å². The summed E-state index contributed by atoms with van der Waals surface area (Å²) in [7, 11) is 2.05. The van der Waals surface area contributed by atoms with Gasteiger partial charge in [-0.3, -0.25) is 0 Å². The lowest BCUT2D eigenvalue weighted by molar-refractivity contribution is 0.340. The van der Waals surface area contributed by atoms with Crippen LogP contribution in [0.4, 0.5) is 11.4 Å². The number of nitrogen functional groups attached to an aromatic ring is 1. The second-order valence-electron chi connectivity index (χ2n) is 4.68. The van der Waals surface area contributed by atoms with Crippen molar-refractivity contribution in [3.63, 3.8) is 0 Å². The maximum absolute atomic E-state index is 5.93. The fraction of sp³-hybridized carbons (Fsp3) is 0.250. The number of ether oxygens (including phenoxy) is 1. The van der Waals surface area contributed by atoms with Crippen LogP contribution in [0.2, 0.25) is 0 Å². The number of halogens is 1. The van der Waals surface area contributed by atoms with Crippen molar-refractivity contribution < 1.29 is 4.74 Å². The largest absolute Gasteiger partial charge is 0.494 e. The van der Waals surface area contributed by atoms with Crippen molar-refractivity contribution >= 4 is 27.3 Å². The zero-order valence-electron chi connectivity index (χ0n) is 11.8. The van der Waals surface area contributed by atoms with Crippen molar-refractivity contribution in [3.05, 3.63) is 52.5 Å². The molecule has 0 saturated carbocycles. The average Bonchev–Trinajstić information content (AvgIpc) is 2.38. The molecule has 0 saturated heterocycles. The SMILES string of the molecule is CCOc1cc(N)cc(N(C)Cc2cccc(Br)c2)c1. The second-order valence-corrected chi connectivity index (χ2v) is 5.59. The van der Waals surface area contributed by atoms with E-state index in [4.69, 9.17) is 10.5 Å². The van der Waals surface area contributed by atoms with Gasteiger partial charge >= 0.3 is 0 Å². The van der Waals surface area contributed by atoms with E-state index in [1.165, 1.54) is 5.56 Å². The van der Waals surface area contributed by atoms with Crippen LogP contribution in [-0.2, 0) is 6.54 Å². The van der Waals surface area contributed by atoms with Gasteiger partial charge in [0.05, 0.1) is 6.61 Å². The molecule has 0 aliphatic rings. The molecule has 0 heterocycles. The number of anilines is 2. The van der Waals surface area contributed by atoms with Gasteiger partial charge in [0.25, 0.3) is 0 Å². The standard InChI is InChI=1S/C16H19BrN2O/c1-3-20-16-9-14(18)8-15(10-16)19(2)11-12-5-4-6-13(17)7-12/h4-10H,3,11,18H2,1-2H3. The summed E-state index contributed by atoms with van der Waals surface area (Å²) in [5.41, 5.74) is 8.93. The van der Waals surface area contributed by atoms with Crippen LogP contribution < -0.4 is 15.4 Å². The van der Waals surface area contributed by atoms with E-state index >= 15 is 0 Å². The summed E-state index contributed by atoms with van der Waals surface area (Å²) in [6.07, 6.45) is 0. The summed E-state index contributed by atoms with van der Waals surface area (Å²) >= 11 is 3.49. The molecule has 4 heteroatoms. The second kappa shape index (κ2) is 6.66. The van der Waals surface area contributed by atoms with E-state index in [-0.39, 0.29) is 0 Å². The Hall–Kier alpha value is -1.68. The predicted molar refractivity (Wildman–Crippen MR) is 88.3 cm³/mol. The Labute approximate surface area is 128 Å². The van der Waals surface area contributed by atoms with Crippen LogP contribution in [0.25, 0.3) is 0 Å². The molecule has 2 aromatic rings. The highest BCUT2D eigenvalue weighted by Crippen LogP contribution is 2.26. The highest BCUT2D eigenvalue weighted by Gasteiger charge is 2.06. The number of hydrogen-bond acceptors (Lipinski definition) is 3. The van der Waals surface area contributed by atoms with Gasteiger partial charge in [-0.1, -0.05) is 28.1 Å². The molecule has 106 valence electrons. The van der Waals surface area contributed by atoms with Crippen LogP contribution in [0.15, 0.2) is 46.9 Å².